The van der Waals surface area contributed by atoms with E-state index in [1.807, 2.05) is 60.7 Å². The van der Waals surface area contributed by atoms with Gasteiger partial charge in [0, 0.05) is 24.2 Å². The van der Waals surface area contributed by atoms with Crippen molar-refractivity contribution in [1.82, 2.24) is 10.3 Å². The second kappa shape index (κ2) is 6.98. The summed E-state index contributed by atoms with van der Waals surface area (Å²) < 4.78 is 0. The summed E-state index contributed by atoms with van der Waals surface area (Å²) in [5.41, 5.74) is 5.59. The third-order valence-corrected chi connectivity index (χ3v) is 4.43. The lowest BCUT2D eigenvalue weighted by Gasteiger charge is -2.21. The van der Waals surface area contributed by atoms with Crippen molar-refractivity contribution in [3.8, 4) is 11.3 Å². The number of fused-ring (bicyclic) bond motifs is 1. The molecule has 2 heterocycles. The molecule has 0 aliphatic carbocycles. The van der Waals surface area contributed by atoms with E-state index in [0.29, 0.717) is 18.5 Å². The second-order valence-corrected chi connectivity index (χ2v) is 6.23. The molecule has 1 aromatic heterocycles. The van der Waals surface area contributed by atoms with Crippen molar-refractivity contribution in [2.45, 2.75) is 13.0 Å². The molecule has 4 rings (SSSR count). The van der Waals surface area contributed by atoms with E-state index in [0.717, 1.165) is 33.9 Å². The van der Waals surface area contributed by atoms with Gasteiger partial charge in [-0.05, 0) is 23.8 Å². The Morgan fingerprint density at radius 1 is 1.08 bits per heavy atom. The maximum atomic E-state index is 12.4. The number of anilines is 2. The van der Waals surface area contributed by atoms with Crippen LogP contribution in [-0.4, -0.2) is 22.5 Å². The van der Waals surface area contributed by atoms with Gasteiger partial charge in [0.05, 0.1) is 29.2 Å². The first kappa shape index (κ1) is 16.3. The number of nitrogens with zero attached hydrogens (tertiary/aromatic N) is 1. The number of carbonyl (C=O) groups is 1. The van der Waals surface area contributed by atoms with Crippen LogP contribution in [0.2, 0.25) is 0 Å². The third-order valence-electron chi connectivity index (χ3n) is 4.43. The van der Waals surface area contributed by atoms with Crippen LogP contribution >= 0.6 is 0 Å². The van der Waals surface area contributed by atoms with Crippen LogP contribution in [0.4, 0.5) is 11.4 Å². The zero-order chi connectivity index (χ0) is 17.9. The Bertz CT molecular complexity index is 955. The molecule has 2 aromatic carbocycles. The fraction of sp³-hybridized carbons (Fsp3) is 0.143. The van der Waals surface area contributed by atoms with E-state index in [9.17, 15) is 9.90 Å². The smallest absolute Gasteiger partial charge is 0.255 e. The number of benzene rings is 2. The molecule has 0 unspecified atom stereocenters. The van der Waals surface area contributed by atoms with Crippen LogP contribution in [0.25, 0.3) is 11.3 Å². The van der Waals surface area contributed by atoms with E-state index in [4.69, 9.17) is 4.98 Å². The Kier molecular flexibility index (Phi) is 4.37. The maximum Gasteiger partial charge on any atom is 0.255 e. The molecule has 0 fully saturated rings. The van der Waals surface area contributed by atoms with Gasteiger partial charge in [0.2, 0.25) is 0 Å². The molecule has 0 radical (unpaired) electrons. The summed E-state index contributed by atoms with van der Waals surface area (Å²) in [6.45, 7) is 0.566. The average Bonchev–Trinajstić information content (AvgIpc) is 2.68. The van der Waals surface area contributed by atoms with Gasteiger partial charge < -0.3 is 15.7 Å². The zero-order valence-corrected chi connectivity index (χ0v) is 14.2. The van der Waals surface area contributed by atoms with Gasteiger partial charge in [0.15, 0.2) is 0 Å². The highest BCUT2D eigenvalue weighted by atomic mass is 16.3. The van der Waals surface area contributed by atoms with Gasteiger partial charge in [-0.2, -0.15) is 0 Å². The summed E-state index contributed by atoms with van der Waals surface area (Å²) >= 11 is 0. The van der Waals surface area contributed by atoms with Crippen molar-refractivity contribution in [1.29, 1.82) is 0 Å². The molecule has 1 aliphatic heterocycles. The fourth-order valence-electron chi connectivity index (χ4n) is 3.17. The van der Waals surface area contributed by atoms with E-state index in [1.54, 1.807) is 0 Å². The number of aromatic nitrogens is 1. The van der Waals surface area contributed by atoms with E-state index >= 15 is 0 Å². The lowest BCUT2D eigenvalue weighted by Crippen LogP contribution is -2.33. The maximum absolute atomic E-state index is 12.4. The molecule has 26 heavy (non-hydrogen) atoms. The van der Waals surface area contributed by atoms with Gasteiger partial charge in [-0.15, -0.1) is 0 Å². The van der Waals surface area contributed by atoms with E-state index in [2.05, 4.69) is 10.6 Å². The van der Waals surface area contributed by atoms with E-state index in [-0.39, 0.29) is 12.5 Å². The highest BCUT2D eigenvalue weighted by Crippen LogP contribution is 2.30. The molecule has 0 saturated heterocycles. The minimum atomic E-state index is -0.112. The van der Waals surface area contributed by atoms with Gasteiger partial charge in [-0.3, -0.25) is 9.78 Å². The summed E-state index contributed by atoms with van der Waals surface area (Å²) in [6.07, 6.45) is 0.701. The van der Waals surface area contributed by atoms with Gasteiger partial charge in [0.1, 0.15) is 0 Å². The molecule has 0 bridgehead atoms. The lowest BCUT2D eigenvalue weighted by molar-refractivity contribution is 0.0946. The molecule has 3 aromatic rings. The lowest BCUT2D eigenvalue weighted by atomic mass is 10.0. The van der Waals surface area contributed by atoms with Crippen LogP contribution in [0.3, 0.4) is 0 Å². The standard InChI is InChI=1S/C21H19N3O2/c25-13-14-5-4-8-16(11-14)23-19-12-18(15-6-2-1-3-7-15)24-17-9-10-22-21(26)20(17)19/h1-8,11-12,25H,9-10,13H2,(H,22,26)(H,23,24). The number of hydrogen-bond acceptors (Lipinski definition) is 4. The predicted molar refractivity (Wildman–Crippen MR) is 101 cm³/mol. The van der Waals surface area contributed by atoms with Crippen LogP contribution < -0.4 is 10.6 Å². The molecule has 0 atom stereocenters. The van der Waals surface area contributed by atoms with E-state index in [1.165, 1.54) is 0 Å². The topological polar surface area (TPSA) is 74.2 Å². The minimum absolute atomic E-state index is 0.0281. The molecule has 1 amide bonds. The Morgan fingerprint density at radius 2 is 1.92 bits per heavy atom. The van der Waals surface area contributed by atoms with Crippen molar-refractivity contribution >= 4 is 17.3 Å². The molecule has 130 valence electrons. The summed E-state index contributed by atoms with van der Waals surface area (Å²) in [6, 6.07) is 19.4. The first-order chi connectivity index (χ1) is 12.7. The molecular formula is C21H19N3O2. The first-order valence-corrected chi connectivity index (χ1v) is 8.59. The van der Waals surface area contributed by atoms with Crippen molar-refractivity contribution in [3.63, 3.8) is 0 Å². The van der Waals surface area contributed by atoms with Crippen LogP contribution in [0.15, 0.2) is 60.7 Å². The zero-order valence-electron chi connectivity index (χ0n) is 14.2. The SMILES string of the molecule is O=C1NCCc2nc(-c3ccccc3)cc(Nc3cccc(CO)c3)c21. The number of aliphatic hydroxyl groups excluding tert-OH is 1. The van der Waals surface area contributed by atoms with Crippen LogP contribution in [0, 0.1) is 0 Å². The number of rotatable bonds is 4. The number of amides is 1. The number of nitrogens with one attached hydrogen (secondary N) is 2. The Balaban J connectivity index is 1.82. The quantitative estimate of drug-likeness (QED) is 0.678. The minimum Gasteiger partial charge on any atom is -0.392 e. The van der Waals surface area contributed by atoms with Crippen LogP contribution in [0.5, 0.6) is 0 Å². The second-order valence-electron chi connectivity index (χ2n) is 6.23. The van der Waals surface area contributed by atoms with Crippen LogP contribution in [0.1, 0.15) is 21.6 Å². The van der Waals surface area contributed by atoms with Crippen molar-refractivity contribution < 1.29 is 9.90 Å². The van der Waals surface area contributed by atoms with Gasteiger partial charge >= 0.3 is 0 Å². The van der Waals surface area contributed by atoms with Crippen LogP contribution in [-0.2, 0) is 13.0 Å². The highest BCUT2D eigenvalue weighted by molar-refractivity contribution is 6.02. The summed E-state index contributed by atoms with van der Waals surface area (Å²) in [5.74, 6) is -0.112. The highest BCUT2D eigenvalue weighted by Gasteiger charge is 2.23. The molecule has 3 N–H and O–H groups in total. The number of aliphatic hydroxyl groups is 1. The third kappa shape index (κ3) is 3.17. The predicted octanol–water partition coefficient (Wildman–Crippen LogP) is 3.27. The fourth-order valence-corrected chi connectivity index (χ4v) is 3.17. The average molecular weight is 345 g/mol. The van der Waals surface area contributed by atoms with Crippen molar-refractivity contribution in [2.75, 3.05) is 11.9 Å². The van der Waals surface area contributed by atoms with Crippen molar-refractivity contribution in [3.05, 3.63) is 77.5 Å². The Hall–Kier alpha value is -3.18. The van der Waals surface area contributed by atoms with Gasteiger partial charge in [-0.25, -0.2) is 0 Å². The Morgan fingerprint density at radius 3 is 2.73 bits per heavy atom. The number of carbonyl (C=O) groups excluding carboxylic acids is 1. The molecule has 5 nitrogen and oxygen atoms in total. The Labute approximate surface area is 151 Å². The first-order valence-electron chi connectivity index (χ1n) is 8.59. The number of hydrogen-bond donors (Lipinski definition) is 3. The number of pyridine rings is 1. The molecule has 0 saturated carbocycles. The van der Waals surface area contributed by atoms with Crippen molar-refractivity contribution in [2.24, 2.45) is 0 Å². The van der Waals surface area contributed by atoms with E-state index < -0.39 is 0 Å². The summed E-state index contributed by atoms with van der Waals surface area (Å²) in [4.78, 5) is 17.2. The molecular weight excluding hydrogens is 326 g/mol. The van der Waals surface area contributed by atoms with Gasteiger partial charge in [-0.1, -0.05) is 42.5 Å². The largest absolute Gasteiger partial charge is 0.392 e. The molecule has 1 aliphatic rings. The summed E-state index contributed by atoms with van der Waals surface area (Å²) in [5, 5.41) is 15.6. The monoisotopic (exact) mass is 345 g/mol. The molecule has 0 spiro atoms. The van der Waals surface area contributed by atoms with Gasteiger partial charge in [0.25, 0.3) is 5.91 Å². The molecule has 5 heteroatoms. The normalized spacial score (nSPS) is 13.0. The summed E-state index contributed by atoms with van der Waals surface area (Å²) in [7, 11) is 0.